The average Bonchev–Trinajstić information content (AvgIpc) is 3.54. The van der Waals surface area contributed by atoms with Gasteiger partial charge in [-0.1, -0.05) is 30.0 Å². The van der Waals surface area contributed by atoms with E-state index in [9.17, 15) is 14.4 Å². The van der Waals surface area contributed by atoms with E-state index in [0.29, 0.717) is 39.5 Å². The van der Waals surface area contributed by atoms with Crippen LogP contribution in [0, 0.1) is 0 Å². The lowest BCUT2D eigenvalue weighted by Crippen LogP contribution is -2.42. The Kier molecular flexibility index (Phi) is 7.04. The van der Waals surface area contributed by atoms with Crippen LogP contribution in [-0.2, 0) is 20.9 Å². The minimum atomic E-state index is -0.894. The third-order valence-corrected chi connectivity index (χ3v) is 6.59. The van der Waals surface area contributed by atoms with Gasteiger partial charge < -0.3 is 19.8 Å². The van der Waals surface area contributed by atoms with Crippen LogP contribution in [-0.4, -0.2) is 52.5 Å². The minimum absolute atomic E-state index is 0.0174. The number of thioether (sulfide) groups is 1. The summed E-state index contributed by atoms with van der Waals surface area (Å²) in [5.74, 6) is 0.731. The quantitative estimate of drug-likeness (QED) is 0.472. The number of anilines is 1. The molecule has 10 nitrogen and oxygen atoms in total. The molecule has 2 aliphatic rings. The molecule has 3 aromatic rings. The van der Waals surface area contributed by atoms with E-state index in [4.69, 9.17) is 9.15 Å². The minimum Gasteiger partial charge on any atom is -0.497 e. The van der Waals surface area contributed by atoms with Gasteiger partial charge in [0.1, 0.15) is 23.4 Å². The number of aliphatic imine (C=N–C) groups is 2. The summed E-state index contributed by atoms with van der Waals surface area (Å²) >= 11 is 1.13. The molecule has 0 spiro atoms. The molecule has 11 heteroatoms. The van der Waals surface area contributed by atoms with Gasteiger partial charge in [0.05, 0.1) is 37.8 Å². The number of para-hydroxylation sites is 1. The second-order valence-electron chi connectivity index (χ2n) is 8.18. The Labute approximate surface area is 216 Å². The van der Waals surface area contributed by atoms with E-state index in [1.54, 1.807) is 43.5 Å². The van der Waals surface area contributed by atoms with Crippen molar-refractivity contribution >= 4 is 51.9 Å². The van der Waals surface area contributed by atoms with E-state index in [-0.39, 0.29) is 36.4 Å². The molecule has 0 unspecified atom stereocenters. The van der Waals surface area contributed by atoms with Gasteiger partial charge in [-0.25, -0.2) is 9.89 Å². The maximum absolute atomic E-state index is 13.3. The van der Waals surface area contributed by atoms with Gasteiger partial charge in [0.2, 0.25) is 11.8 Å². The number of rotatable bonds is 8. The number of carbonyl (C=O) groups excluding carboxylic acids is 3. The third kappa shape index (κ3) is 5.41. The van der Waals surface area contributed by atoms with Gasteiger partial charge in [0.15, 0.2) is 5.17 Å². The fourth-order valence-corrected chi connectivity index (χ4v) is 4.71. The summed E-state index contributed by atoms with van der Waals surface area (Å²) in [5, 5.41) is 5.90. The smallest absolute Gasteiger partial charge is 0.259 e. The van der Waals surface area contributed by atoms with E-state index in [2.05, 4.69) is 20.6 Å². The number of nitrogens with zero attached hydrogens (tertiary/aromatic N) is 3. The summed E-state index contributed by atoms with van der Waals surface area (Å²) < 4.78 is 10.4. The molecule has 0 saturated carbocycles. The van der Waals surface area contributed by atoms with Gasteiger partial charge in [-0.2, -0.15) is 0 Å². The number of carbonyl (C=O) groups is 3. The monoisotopic (exact) mass is 517 g/mol. The second kappa shape index (κ2) is 10.7. The predicted molar refractivity (Wildman–Crippen MR) is 140 cm³/mol. The number of furan rings is 1. The van der Waals surface area contributed by atoms with Crippen molar-refractivity contribution in [2.45, 2.75) is 19.0 Å². The Morgan fingerprint density at radius 1 is 1.11 bits per heavy atom. The highest BCUT2D eigenvalue weighted by atomic mass is 32.2. The normalized spacial score (nSPS) is 15.9. The predicted octanol–water partition coefficient (Wildman–Crippen LogP) is 3.33. The molecule has 0 saturated heterocycles. The van der Waals surface area contributed by atoms with Crippen molar-refractivity contribution < 1.29 is 23.5 Å². The van der Waals surface area contributed by atoms with Gasteiger partial charge in [-0.15, -0.1) is 0 Å². The number of amides is 3. The van der Waals surface area contributed by atoms with Gasteiger partial charge in [0, 0.05) is 17.3 Å². The molecule has 1 atom stereocenters. The van der Waals surface area contributed by atoms with Crippen LogP contribution < -0.4 is 15.4 Å². The standard InChI is InChI=1S/C26H23N5O5S/c1-35-17-7-4-6-16(12-17)28-23(33)15-37-26-30-20-10-3-2-9-19(20)24-29-21(25(34)31(24)26)13-22(32)27-14-18-8-5-11-36-18/h2-12,21H,13-15H2,1H3,(H,27,32)(H,28,33)/t21-/m1/s1. The molecule has 2 aromatic carbocycles. The van der Waals surface area contributed by atoms with Crippen LogP contribution in [0.2, 0.25) is 0 Å². The highest BCUT2D eigenvalue weighted by molar-refractivity contribution is 8.14. The summed E-state index contributed by atoms with van der Waals surface area (Å²) in [5.41, 5.74) is 1.93. The van der Waals surface area contributed by atoms with Crippen LogP contribution in [0.1, 0.15) is 17.7 Å². The van der Waals surface area contributed by atoms with Crippen molar-refractivity contribution in [1.29, 1.82) is 0 Å². The Hall–Kier alpha value is -4.38. The van der Waals surface area contributed by atoms with E-state index >= 15 is 0 Å². The fourth-order valence-electron chi connectivity index (χ4n) is 3.91. The molecule has 37 heavy (non-hydrogen) atoms. The number of methoxy groups -OCH3 is 1. The van der Waals surface area contributed by atoms with Crippen molar-refractivity contribution in [3.05, 3.63) is 78.3 Å². The largest absolute Gasteiger partial charge is 0.497 e. The second-order valence-corrected chi connectivity index (χ2v) is 9.13. The molecule has 3 amide bonds. The molecule has 5 rings (SSSR count). The highest BCUT2D eigenvalue weighted by Gasteiger charge is 2.42. The summed E-state index contributed by atoms with van der Waals surface area (Å²) in [6.07, 6.45) is 1.41. The Morgan fingerprint density at radius 3 is 2.78 bits per heavy atom. The molecular weight excluding hydrogens is 494 g/mol. The van der Waals surface area contributed by atoms with Crippen LogP contribution in [0.3, 0.4) is 0 Å². The lowest BCUT2D eigenvalue weighted by Gasteiger charge is -2.25. The molecule has 2 N–H and O–H groups in total. The zero-order valence-corrected chi connectivity index (χ0v) is 20.7. The van der Waals surface area contributed by atoms with Crippen molar-refractivity contribution in [3.63, 3.8) is 0 Å². The van der Waals surface area contributed by atoms with Crippen LogP contribution >= 0.6 is 11.8 Å². The molecule has 3 heterocycles. The van der Waals surface area contributed by atoms with Gasteiger partial charge in [0.25, 0.3) is 5.91 Å². The molecule has 0 fully saturated rings. The first-order valence-electron chi connectivity index (χ1n) is 11.5. The van der Waals surface area contributed by atoms with Crippen molar-refractivity contribution in [1.82, 2.24) is 10.2 Å². The lowest BCUT2D eigenvalue weighted by molar-refractivity contribution is -0.128. The highest BCUT2D eigenvalue weighted by Crippen LogP contribution is 2.34. The molecule has 1 aromatic heterocycles. The summed E-state index contributed by atoms with van der Waals surface area (Å²) in [4.78, 5) is 49.1. The number of hydrogen-bond acceptors (Lipinski definition) is 8. The lowest BCUT2D eigenvalue weighted by atomic mass is 10.1. The summed E-state index contributed by atoms with van der Waals surface area (Å²) in [6, 6.07) is 17.0. The molecular formula is C26H23N5O5S. The number of nitrogens with one attached hydrogen (secondary N) is 2. The number of amidine groups is 2. The molecule has 0 aliphatic carbocycles. The van der Waals surface area contributed by atoms with E-state index in [1.165, 1.54) is 11.2 Å². The van der Waals surface area contributed by atoms with Crippen LogP contribution in [0.25, 0.3) is 0 Å². The number of fused-ring (bicyclic) bond motifs is 3. The fraction of sp³-hybridized carbons (Fsp3) is 0.192. The van der Waals surface area contributed by atoms with Crippen molar-refractivity contribution in [2.24, 2.45) is 9.98 Å². The summed E-state index contributed by atoms with van der Waals surface area (Å²) in [6.45, 7) is 0.223. The Morgan fingerprint density at radius 2 is 1.97 bits per heavy atom. The first-order valence-corrected chi connectivity index (χ1v) is 12.5. The zero-order chi connectivity index (χ0) is 25.8. The maximum Gasteiger partial charge on any atom is 0.259 e. The first kappa shape index (κ1) is 24.3. The Balaban J connectivity index is 1.28. The summed E-state index contributed by atoms with van der Waals surface area (Å²) in [7, 11) is 1.55. The topological polar surface area (TPSA) is 126 Å². The van der Waals surface area contributed by atoms with Crippen molar-refractivity contribution in [3.8, 4) is 5.75 Å². The van der Waals surface area contributed by atoms with E-state index < -0.39 is 6.04 Å². The van der Waals surface area contributed by atoms with Crippen molar-refractivity contribution in [2.75, 3.05) is 18.2 Å². The number of ether oxygens (including phenoxy) is 1. The molecule has 0 radical (unpaired) electrons. The van der Waals surface area contributed by atoms with Crippen LogP contribution in [0.5, 0.6) is 5.75 Å². The third-order valence-electron chi connectivity index (χ3n) is 5.65. The van der Waals surface area contributed by atoms with E-state index in [0.717, 1.165) is 11.8 Å². The van der Waals surface area contributed by atoms with Crippen LogP contribution in [0.4, 0.5) is 11.4 Å². The average molecular weight is 518 g/mol. The number of benzene rings is 2. The zero-order valence-electron chi connectivity index (χ0n) is 19.8. The maximum atomic E-state index is 13.3. The molecule has 2 aliphatic heterocycles. The van der Waals surface area contributed by atoms with Gasteiger partial charge in [-0.05, 0) is 36.4 Å². The van der Waals surface area contributed by atoms with Gasteiger partial charge in [-0.3, -0.25) is 19.4 Å². The van der Waals surface area contributed by atoms with E-state index in [1.807, 2.05) is 24.3 Å². The molecule has 0 bridgehead atoms. The first-order chi connectivity index (χ1) is 18.0. The SMILES string of the molecule is COc1cccc(NC(=O)CSC2=Nc3ccccc3C3=N[C@H](CC(=O)NCc4ccco4)C(=O)N23)c1. The Bertz CT molecular complexity index is 1400. The van der Waals surface area contributed by atoms with Gasteiger partial charge >= 0.3 is 0 Å². The molecule has 188 valence electrons. The van der Waals surface area contributed by atoms with Crippen LogP contribution in [0.15, 0.2) is 81.3 Å². The number of hydrogen-bond donors (Lipinski definition) is 2.